The summed E-state index contributed by atoms with van der Waals surface area (Å²) < 4.78 is 6.19. The lowest BCUT2D eigenvalue weighted by molar-refractivity contribution is 0.0260. The molecule has 0 saturated carbocycles. The Kier molecular flexibility index (Phi) is 5.88. The highest BCUT2D eigenvalue weighted by atomic mass is 16.5. The molecule has 3 nitrogen and oxygen atoms in total. The zero-order valence-corrected chi connectivity index (χ0v) is 14.0. The van der Waals surface area contributed by atoms with Gasteiger partial charge in [-0.05, 0) is 50.1 Å². The van der Waals surface area contributed by atoms with Crippen molar-refractivity contribution in [2.45, 2.75) is 65.6 Å². The van der Waals surface area contributed by atoms with E-state index in [1.54, 1.807) is 0 Å². The summed E-state index contributed by atoms with van der Waals surface area (Å²) in [6.45, 7) is 15.2. The topological polar surface area (TPSA) is 24.5 Å². The fraction of sp³-hybridized carbons (Fsp3) is 1.00. The van der Waals surface area contributed by atoms with E-state index in [1.165, 1.54) is 38.8 Å². The lowest BCUT2D eigenvalue weighted by Crippen LogP contribution is -2.34. The second kappa shape index (κ2) is 7.24. The minimum Gasteiger partial charge on any atom is -0.372 e. The van der Waals surface area contributed by atoms with Gasteiger partial charge in [-0.25, -0.2) is 0 Å². The summed E-state index contributed by atoms with van der Waals surface area (Å²) >= 11 is 0. The second-order valence-electron chi connectivity index (χ2n) is 7.77. The van der Waals surface area contributed by atoms with Crippen LogP contribution in [0.2, 0.25) is 0 Å². The van der Waals surface area contributed by atoms with Crippen LogP contribution in [0.25, 0.3) is 0 Å². The van der Waals surface area contributed by atoms with Crippen LogP contribution in [0.3, 0.4) is 0 Å². The normalized spacial score (nSPS) is 32.1. The summed E-state index contributed by atoms with van der Waals surface area (Å²) in [5, 5.41) is 3.48. The zero-order valence-electron chi connectivity index (χ0n) is 14.0. The fourth-order valence-electron chi connectivity index (χ4n) is 3.50. The van der Waals surface area contributed by atoms with E-state index in [0.717, 1.165) is 25.6 Å². The van der Waals surface area contributed by atoms with Gasteiger partial charge in [0.1, 0.15) is 0 Å². The molecule has 2 aliphatic heterocycles. The van der Waals surface area contributed by atoms with Gasteiger partial charge >= 0.3 is 0 Å². The highest BCUT2D eigenvalue weighted by Crippen LogP contribution is 2.34. The maximum atomic E-state index is 6.19. The Labute approximate surface area is 125 Å². The van der Waals surface area contributed by atoms with Gasteiger partial charge in [0.25, 0.3) is 0 Å². The summed E-state index contributed by atoms with van der Waals surface area (Å²) in [7, 11) is 0. The summed E-state index contributed by atoms with van der Waals surface area (Å²) in [5.74, 6) is 0.853. The van der Waals surface area contributed by atoms with Gasteiger partial charge in [-0.1, -0.05) is 27.7 Å². The number of likely N-dealkylation sites (tertiary alicyclic amines) is 1. The molecule has 1 N–H and O–H groups in total. The number of nitrogens with zero attached hydrogens (tertiary/aromatic N) is 1. The van der Waals surface area contributed by atoms with Crippen molar-refractivity contribution in [3.63, 3.8) is 0 Å². The lowest BCUT2D eigenvalue weighted by Gasteiger charge is -2.27. The van der Waals surface area contributed by atoms with E-state index < -0.39 is 0 Å². The number of hydrogen-bond acceptors (Lipinski definition) is 3. The Bertz CT molecular complexity index is 287. The van der Waals surface area contributed by atoms with Crippen LogP contribution in [0.15, 0.2) is 0 Å². The Morgan fingerprint density at radius 2 is 1.90 bits per heavy atom. The number of rotatable bonds is 6. The molecule has 2 rings (SSSR count). The van der Waals surface area contributed by atoms with Gasteiger partial charge in [0.15, 0.2) is 0 Å². The molecule has 2 fully saturated rings. The first-order chi connectivity index (χ1) is 9.49. The molecule has 0 radical (unpaired) electrons. The Morgan fingerprint density at radius 3 is 2.55 bits per heavy atom. The quantitative estimate of drug-likeness (QED) is 0.758. The van der Waals surface area contributed by atoms with E-state index in [0.29, 0.717) is 17.6 Å². The molecule has 3 atom stereocenters. The molecule has 0 spiro atoms. The van der Waals surface area contributed by atoms with Crippen molar-refractivity contribution in [1.29, 1.82) is 0 Å². The van der Waals surface area contributed by atoms with Crippen molar-refractivity contribution >= 4 is 0 Å². The highest BCUT2D eigenvalue weighted by Gasteiger charge is 2.34. The summed E-state index contributed by atoms with van der Waals surface area (Å²) in [6.07, 6.45) is 5.97. The average molecular weight is 282 g/mol. The molecular formula is C17H34N2O. The second-order valence-corrected chi connectivity index (χ2v) is 7.77. The van der Waals surface area contributed by atoms with Crippen molar-refractivity contribution in [2.24, 2.45) is 11.3 Å². The fourth-order valence-corrected chi connectivity index (χ4v) is 3.50. The Balaban J connectivity index is 1.66. The molecule has 0 amide bonds. The maximum Gasteiger partial charge on any atom is 0.0707 e. The molecule has 0 aromatic heterocycles. The first-order valence-corrected chi connectivity index (χ1v) is 8.57. The van der Waals surface area contributed by atoms with Crippen molar-refractivity contribution in [1.82, 2.24) is 10.2 Å². The SMILES string of the molecule is CCCNCC1CCC(CN2CCC(C(C)(C)C)C2)O1. The molecule has 0 aliphatic carbocycles. The first kappa shape index (κ1) is 16.3. The van der Waals surface area contributed by atoms with Gasteiger partial charge in [-0.3, -0.25) is 0 Å². The first-order valence-electron chi connectivity index (χ1n) is 8.57. The van der Waals surface area contributed by atoms with Crippen LogP contribution < -0.4 is 5.32 Å². The molecular weight excluding hydrogens is 248 g/mol. The van der Waals surface area contributed by atoms with Gasteiger partial charge in [0, 0.05) is 19.6 Å². The summed E-state index contributed by atoms with van der Waals surface area (Å²) in [6, 6.07) is 0. The van der Waals surface area contributed by atoms with E-state index in [1.807, 2.05) is 0 Å². The minimum atomic E-state index is 0.451. The molecule has 0 bridgehead atoms. The van der Waals surface area contributed by atoms with Gasteiger partial charge in [-0.15, -0.1) is 0 Å². The number of ether oxygens (including phenoxy) is 1. The lowest BCUT2D eigenvalue weighted by atomic mass is 9.80. The summed E-state index contributed by atoms with van der Waals surface area (Å²) in [5.41, 5.74) is 0.456. The highest BCUT2D eigenvalue weighted by molar-refractivity contribution is 4.86. The smallest absolute Gasteiger partial charge is 0.0707 e. The zero-order chi connectivity index (χ0) is 14.6. The Hall–Kier alpha value is -0.120. The summed E-state index contributed by atoms with van der Waals surface area (Å²) in [4.78, 5) is 2.63. The predicted molar refractivity (Wildman–Crippen MR) is 85.1 cm³/mol. The average Bonchev–Trinajstić information content (AvgIpc) is 2.99. The van der Waals surface area contributed by atoms with Crippen LogP contribution in [0, 0.1) is 11.3 Å². The van der Waals surface area contributed by atoms with Crippen LogP contribution in [-0.2, 0) is 4.74 Å². The Morgan fingerprint density at radius 1 is 1.15 bits per heavy atom. The number of nitrogens with one attached hydrogen (secondary N) is 1. The van der Waals surface area contributed by atoms with E-state index in [-0.39, 0.29) is 0 Å². The van der Waals surface area contributed by atoms with Gasteiger partial charge in [0.05, 0.1) is 12.2 Å². The largest absolute Gasteiger partial charge is 0.372 e. The molecule has 0 aromatic carbocycles. The van der Waals surface area contributed by atoms with Gasteiger partial charge in [-0.2, -0.15) is 0 Å². The van der Waals surface area contributed by atoms with E-state index in [9.17, 15) is 0 Å². The van der Waals surface area contributed by atoms with Crippen LogP contribution in [0.1, 0.15) is 53.4 Å². The molecule has 3 heteroatoms. The molecule has 3 unspecified atom stereocenters. The van der Waals surface area contributed by atoms with Crippen LogP contribution >= 0.6 is 0 Å². The third kappa shape index (κ3) is 4.71. The van der Waals surface area contributed by atoms with Crippen LogP contribution in [-0.4, -0.2) is 49.8 Å². The number of hydrogen-bond donors (Lipinski definition) is 1. The van der Waals surface area contributed by atoms with Crippen LogP contribution in [0.5, 0.6) is 0 Å². The van der Waals surface area contributed by atoms with Gasteiger partial charge < -0.3 is 15.0 Å². The van der Waals surface area contributed by atoms with Crippen molar-refractivity contribution < 1.29 is 4.74 Å². The maximum absolute atomic E-state index is 6.19. The third-order valence-corrected chi connectivity index (χ3v) is 4.95. The van der Waals surface area contributed by atoms with Crippen molar-refractivity contribution in [3.8, 4) is 0 Å². The van der Waals surface area contributed by atoms with E-state index in [4.69, 9.17) is 4.74 Å². The van der Waals surface area contributed by atoms with E-state index in [2.05, 4.69) is 37.9 Å². The molecule has 118 valence electrons. The van der Waals surface area contributed by atoms with Crippen molar-refractivity contribution in [2.75, 3.05) is 32.7 Å². The molecule has 2 heterocycles. The monoisotopic (exact) mass is 282 g/mol. The van der Waals surface area contributed by atoms with Gasteiger partial charge in [0.2, 0.25) is 0 Å². The molecule has 0 aromatic rings. The van der Waals surface area contributed by atoms with E-state index >= 15 is 0 Å². The minimum absolute atomic E-state index is 0.451. The molecule has 20 heavy (non-hydrogen) atoms. The van der Waals surface area contributed by atoms with Crippen LogP contribution in [0.4, 0.5) is 0 Å². The molecule has 2 saturated heterocycles. The van der Waals surface area contributed by atoms with Crippen molar-refractivity contribution in [3.05, 3.63) is 0 Å². The predicted octanol–water partition coefficient (Wildman–Crippen LogP) is 2.90. The molecule has 2 aliphatic rings. The third-order valence-electron chi connectivity index (χ3n) is 4.95. The standard InChI is InChI=1S/C17H34N2O/c1-5-9-18-11-15-6-7-16(20-15)13-19-10-8-14(12-19)17(2,3)4/h14-16,18H,5-13H2,1-4H3.